The third kappa shape index (κ3) is 3.36. The highest BCUT2D eigenvalue weighted by Crippen LogP contribution is 2.27. The fraction of sp³-hybridized carbons (Fsp3) is 0.438. The van der Waals surface area contributed by atoms with Gasteiger partial charge in [-0.15, -0.1) is 0 Å². The molecule has 2 N–H and O–H groups in total. The van der Waals surface area contributed by atoms with E-state index in [0.29, 0.717) is 11.6 Å². The van der Waals surface area contributed by atoms with E-state index in [1.165, 1.54) is 0 Å². The zero-order chi connectivity index (χ0) is 14.7. The van der Waals surface area contributed by atoms with Gasteiger partial charge < -0.3 is 15.2 Å². The number of hydrogen-bond acceptors (Lipinski definition) is 4. The van der Waals surface area contributed by atoms with Gasteiger partial charge in [-0.25, -0.2) is 0 Å². The van der Waals surface area contributed by atoms with Gasteiger partial charge in [0.25, 0.3) is 0 Å². The molecule has 0 unspecified atom stereocenters. The molecule has 0 bridgehead atoms. The van der Waals surface area contributed by atoms with Crippen LogP contribution < -0.4 is 10.5 Å². The molecule has 112 valence electrons. The first kappa shape index (κ1) is 13.9. The average molecular weight is 287 g/mol. The highest BCUT2D eigenvalue weighted by Gasteiger charge is 2.15. The second kappa shape index (κ2) is 6.18. The third-order valence-electron chi connectivity index (χ3n) is 3.92. The Morgan fingerprint density at radius 2 is 2.10 bits per heavy atom. The summed E-state index contributed by atoms with van der Waals surface area (Å²) in [7, 11) is 1.65. The van der Waals surface area contributed by atoms with E-state index in [-0.39, 0.29) is 0 Å². The molecule has 2 heterocycles. The Labute approximate surface area is 124 Å². The van der Waals surface area contributed by atoms with Crippen LogP contribution in [0.1, 0.15) is 12.8 Å². The van der Waals surface area contributed by atoms with Crippen LogP contribution in [-0.4, -0.2) is 30.1 Å². The van der Waals surface area contributed by atoms with Crippen molar-refractivity contribution in [3.05, 3.63) is 30.6 Å². The Morgan fingerprint density at radius 1 is 1.29 bits per heavy atom. The summed E-state index contributed by atoms with van der Waals surface area (Å²) in [6, 6.07) is 5.74. The van der Waals surface area contributed by atoms with Crippen molar-refractivity contribution in [3.8, 4) is 16.9 Å². The number of benzene rings is 1. The molecule has 0 atom stereocenters. The zero-order valence-electron chi connectivity index (χ0n) is 12.3. The monoisotopic (exact) mass is 287 g/mol. The van der Waals surface area contributed by atoms with Crippen molar-refractivity contribution in [1.29, 1.82) is 0 Å². The van der Waals surface area contributed by atoms with Gasteiger partial charge in [0.05, 0.1) is 13.3 Å². The number of nitrogen functional groups attached to an aromatic ring is 1. The minimum Gasteiger partial charge on any atom is -0.497 e. The van der Waals surface area contributed by atoms with Crippen LogP contribution in [0.2, 0.25) is 0 Å². The average Bonchev–Trinajstić information content (AvgIpc) is 2.96. The van der Waals surface area contributed by atoms with Crippen LogP contribution >= 0.6 is 0 Å². The summed E-state index contributed by atoms with van der Waals surface area (Å²) in [5.41, 5.74) is 8.70. The van der Waals surface area contributed by atoms with Crippen molar-refractivity contribution in [1.82, 2.24) is 9.78 Å². The SMILES string of the molecule is COc1cc(N)cc(-c2cnn(CC3CCOCC3)c2)c1. The quantitative estimate of drug-likeness (QED) is 0.878. The van der Waals surface area contributed by atoms with E-state index in [1.54, 1.807) is 7.11 Å². The van der Waals surface area contributed by atoms with Crippen LogP contribution in [0.4, 0.5) is 5.69 Å². The van der Waals surface area contributed by atoms with E-state index in [1.807, 2.05) is 29.1 Å². The van der Waals surface area contributed by atoms with E-state index in [0.717, 1.165) is 49.5 Å². The third-order valence-corrected chi connectivity index (χ3v) is 3.92. The molecule has 21 heavy (non-hydrogen) atoms. The van der Waals surface area contributed by atoms with E-state index in [2.05, 4.69) is 11.3 Å². The van der Waals surface area contributed by atoms with Crippen LogP contribution in [0.15, 0.2) is 30.6 Å². The zero-order valence-corrected chi connectivity index (χ0v) is 12.3. The van der Waals surface area contributed by atoms with Crippen molar-refractivity contribution in [2.75, 3.05) is 26.1 Å². The Morgan fingerprint density at radius 3 is 2.86 bits per heavy atom. The van der Waals surface area contributed by atoms with Gasteiger partial charge in [0.2, 0.25) is 0 Å². The normalized spacial score (nSPS) is 16.0. The lowest BCUT2D eigenvalue weighted by atomic mass is 10.0. The fourth-order valence-electron chi connectivity index (χ4n) is 2.71. The van der Waals surface area contributed by atoms with Crippen LogP contribution in [0.3, 0.4) is 0 Å². The molecular weight excluding hydrogens is 266 g/mol. The number of nitrogens with zero attached hydrogens (tertiary/aromatic N) is 2. The predicted octanol–water partition coefficient (Wildman–Crippen LogP) is 2.57. The topological polar surface area (TPSA) is 62.3 Å². The minimum absolute atomic E-state index is 0.655. The fourth-order valence-corrected chi connectivity index (χ4v) is 2.71. The highest BCUT2D eigenvalue weighted by atomic mass is 16.5. The van der Waals surface area contributed by atoms with Crippen LogP contribution in [0.25, 0.3) is 11.1 Å². The van der Waals surface area contributed by atoms with Gasteiger partial charge in [0.15, 0.2) is 0 Å². The first-order valence-electron chi connectivity index (χ1n) is 7.30. The standard InChI is InChI=1S/C16H21N3O2/c1-20-16-7-13(6-15(17)8-16)14-9-18-19(11-14)10-12-2-4-21-5-3-12/h6-9,11-12H,2-5,10,17H2,1H3. The molecule has 5 heteroatoms. The van der Waals surface area contributed by atoms with E-state index in [9.17, 15) is 0 Å². The first-order chi connectivity index (χ1) is 10.2. The Bertz CT molecular complexity index is 603. The van der Waals surface area contributed by atoms with Gasteiger partial charge in [0.1, 0.15) is 5.75 Å². The van der Waals surface area contributed by atoms with Gasteiger partial charge in [0, 0.05) is 43.3 Å². The number of anilines is 1. The lowest BCUT2D eigenvalue weighted by Gasteiger charge is -2.21. The van der Waals surface area contributed by atoms with Crippen molar-refractivity contribution >= 4 is 5.69 Å². The molecule has 0 saturated carbocycles. The summed E-state index contributed by atoms with van der Waals surface area (Å²) < 4.78 is 12.7. The molecule has 1 fully saturated rings. The summed E-state index contributed by atoms with van der Waals surface area (Å²) in [4.78, 5) is 0. The molecule has 5 nitrogen and oxygen atoms in total. The molecule has 0 spiro atoms. The number of nitrogens with two attached hydrogens (primary N) is 1. The summed E-state index contributed by atoms with van der Waals surface area (Å²) in [5, 5.41) is 4.47. The van der Waals surface area contributed by atoms with Crippen molar-refractivity contribution in [3.63, 3.8) is 0 Å². The summed E-state index contributed by atoms with van der Waals surface area (Å²) in [5.74, 6) is 1.42. The van der Waals surface area contributed by atoms with E-state index < -0.39 is 0 Å². The molecule has 1 aromatic carbocycles. The molecule has 1 saturated heterocycles. The number of ether oxygens (including phenoxy) is 2. The molecule has 0 amide bonds. The van der Waals surface area contributed by atoms with E-state index >= 15 is 0 Å². The van der Waals surface area contributed by atoms with Gasteiger partial charge in [-0.1, -0.05) is 0 Å². The Hall–Kier alpha value is -2.01. The van der Waals surface area contributed by atoms with E-state index in [4.69, 9.17) is 15.2 Å². The number of hydrogen-bond donors (Lipinski definition) is 1. The van der Waals surface area contributed by atoms with Crippen molar-refractivity contribution in [2.24, 2.45) is 5.92 Å². The molecule has 3 rings (SSSR count). The second-order valence-corrected chi connectivity index (χ2v) is 5.50. The van der Waals surface area contributed by atoms with Crippen LogP contribution in [0.5, 0.6) is 5.75 Å². The number of rotatable bonds is 4. The number of methoxy groups -OCH3 is 1. The minimum atomic E-state index is 0.655. The maximum atomic E-state index is 5.91. The Kier molecular flexibility index (Phi) is 4.10. The van der Waals surface area contributed by atoms with Crippen molar-refractivity contribution < 1.29 is 9.47 Å². The molecule has 1 aliphatic heterocycles. The maximum Gasteiger partial charge on any atom is 0.121 e. The number of aromatic nitrogens is 2. The summed E-state index contributed by atoms with van der Waals surface area (Å²) in [6.45, 7) is 2.68. The van der Waals surface area contributed by atoms with Crippen LogP contribution in [0, 0.1) is 5.92 Å². The summed E-state index contributed by atoms with van der Waals surface area (Å²) in [6.07, 6.45) is 6.18. The molecular formula is C16H21N3O2. The molecule has 0 radical (unpaired) electrons. The largest absolute Gasteiger partial charge is 0.497 e. The van der Waals surface area contributed by atoms with Gasteiger partial charge >= 0.3 is 0 Å². The summed E-state index contributed by atoms with van der Waals surface area (Å²) >= 11 is 0. The smallest absolute Gasteiger partial charge is 0.121 e. The lowest BCUT2D eigenvalue weighted by molar-refractivity contribution is 0.0601. The second-order valence-electron chi connectivity index (χ2n) is 5.50. The van der Waals surface area contributed by atoms with Crippen LogP contribution in [-0.2, 0) is 11.3 Å². The Balaban J connectivity index is 1.76. The maximum absolute atomic E-state index is 5.91. The predicted molar refractivity (Wildman–Crippen MR) is 82.2 cm³/mol. The van der Waals surface area contributed by atoms with Crippen molar-refractivity contribution in [2.45, 2.75) is 19.4 Å². The van der Waals surface area contributed by atoms with Gasteiger partial charge in [-0.2, -0.15) is 5.10 Å². The van der Waals surface area contributed by atoms with Gasteiger partial charge in [-0.05, 0) is 36.5 Å². The lowest BCUT2D eigenvalue weighted by Crippen LogP contribution is -2.20. The molecule has 0 aliphatic carbocycles. The highest BCUT2D eigenvalue weighted by molar-refractivity contribution is 5.68. The first-order valence-corrected chi connectivity index (χ1v) is 7.30. The van der Waals surface area contributed by atoms with Gasteiger partial charge in [-0.3, -0.25) is 4.68 Å². The molecule has 2 aromatic rings. The molecule has 1 aliphatic rings. The molecule has 1 aromatic heterocycles.